The fourth-order valence-electron chi connectivity index (χ4n) is 2.18. The Morgan fingerprint density at radius 3 is 2.82 bits per heavy atom. The molecule has 0 N–H and O–H groups in total. The molecule has 0 aliphatic rings. The van der Waals surface area contributed by atoms with Crippen LogP contribution in [0, 0.1) is 13.8 Å². The van der Waals surface area contributed by atoms with Gasteiger partial charge in [-0.1, -0.05) is 33.6 Å². The minimum atomic E-state index is -0.397. The summed E-state index contributed by atoms with van der Waals surface area (Å²) in [5, 5.41) is 0.683. The third-order valence-corrected chi connectivity index (χ3v) is 4.15. The number of nitrogens with zero attached hydrogens (tertiary/aromatic N) is 2. The summed E-state index contributed by atoms with van der Waals surface area (Å²) in [5.41, 5.74) is 2.70. The summed E-state index contributed by atoms with van der Waals surface area (Å²) in [6, 6.07) is 5.78. The number of esters is 1. The second-order valence-electron chi connectivity index (χ2n) is 4.81. The van der Waals surface area contributed by atoms with Crippen LogP contribution in [0.4, 0.5) is 0 Å². The molecule has 0 aliphatic heterocycles. The molecule has 0 aliphatic carbocycles. The van der Waals surface area contributed by atoms with E-state index in [1.165, 1.54) is 13.2 Å². The van der Waals surface area contributed by atoms with Gasteiger partial charge in [-0.05, 0) is 37.6 Å². The lowest BCUT2D eigenvalue weighted by Gasteiger charge is -2.10. The Bertz CT molecular complexity index is 738. The maximum atomic E-state index is 11.3. The molecular formula is C16H16BrClN2O2. The van der Waals surface area contributed by atoms with Gasteiger partial charge in [-0.25, -0.2) is 9.78 Å². The van der Waals surface area contributed by atoms with E-state index >= 15 is 0 Å². The molecule has 0 atom stereocenters. The quantitative estimate of drug-likeness (QED) is 0.588. The number of benzene rings is 1. The van der Waals surface area contributed by atoms with Crippen molar-refractivity contribution in [1.82, 2.24) is 9.55 Å². The van der Waals surface area contributed by atoms with E-state index in [0.29, 0.717) is 11.6 Å². The minimum Gasteiger partial charge on any atom is -0.466 e. The van der Waals surface area contributed by atoms with Crippen LogP contribution < -0.4 is 0 Å². The standard InChI is InChI=1S/C16H16BrClN2O2/c1-10-15(6-7-16(21)22-3)20(11(2)19-10)9-12-4-5-13(17)8-14(12)18/h4-8H,9H2,1-3H3/b7-6+. The Kier molecular flexibility index (Phi) is 5.42. The first-order chi connectivity index (χ1) is 10.4. The van der Waals surface area contributed by atoms with Gasteiger partial charge in [0.05, 0.1) is 25.0 Å². The zero-order chi connectivity index (χ0) is 16.3. The van der Waals surface area contributed by atoms with Crippen molar-refractivity contribution in [2.24, 2.45) is 0 Å². The molecule has 0 saturated heterocycles. The number of hydrogen-bond donors (Lipinski definition) is 0. The SMILES string of the molecule is COC(=O)/C=C/c1c(C)nc(C)n1Cc1ccc(Br)cc1Cl. The van der Waals surface area contributed by atoms with Crippen LogP contribution in [0.25, 0.3) is 6.08 Å². The van der Waals surface area contributed by atoms with Crippen LogP contribution in [-0.2, 0) is 16.1 Å². The van der Waals surface area contributed by atoms with E-state index in [1.54, 1.807) is 6.08 Å². The summed E-state index contributed by atoms with van der Waals surface area (Å²) in [6.45, 7) is 4.42. The summed E-state index contributed by atoms with van der Waals surface area (Å²) in [4.78, 5) is 15.8. The number of carbonyl (C=O) groups is 1. The third-order valence-electron chi connectivity index (χ3n) is 3.30. The molecule has 0 saturated carbocycles. The van der Waals surface area contributed by atoms with Gasteiger partial charge in [0.2, 0.25) is 0 Å². The molecule has 0 radical (unpaired) electrons. The number of halogens is 2. The second kappa shape index (κ2) is 7.11. The molecule has 2 rings (SSSR count). The minimum absolute atomic E-state index is 0.397. The van der Waals surface area contributed by atoms with Gasteiger partial charge >= 0.3 is 5.97 Å². The number of ether oxygens (including phenoxy) is 1. The van der Waals surface area contributed by atoms with Crippen LogP contribution in [0.15, 0.2) is 28.7 Å². The van der Waals surface area contributed by atoms with Crippen LogP contribution in [0.2, 0.25) is 5.02 Å². The lowest BCUT2D eigenvalue weighted by Crippen LogP contribution is -2.05. The molecule has 1 aromatic heterocycles. The van der Waals surface area contributed by atoms with Crippen molar-refractivity contribution in [3.8, 4) is 0 Å². The van der Waals surface area contributed by atoms with E-state index in [9.17, 15) is 4.79 Å². The first kappa shape index (κ1) is 16.8. The van der Waals surface area contributed by atoms with Crippen LogP contribution >= 0.6 is 27.5 Å². The van der Waals surface area contributed by atoms with Gasteiger partial charge < -0.3 is 9.30 Å². The molecule has 0 unspecified atom stereocenters. The predicted molar refractivity (Wildman–Crippen MR) is 91.0 cm³/mol. The number of carbonyl (C=O) groups excluding carboxylic acids is 1. The average molecular weight is 384 g/mol. The number of aromatic nitrogens is 2. The highest BCUT2D eigenvalue weighted by Crippen LogP contribution is 2.24. The zero-order valence-corrected chi connectivity index (χ0v) is 14.9. The molecule has 2 aromatic rings. The van der Waals surface area contributed by atoms with Gasteiger partial charge in [-0.2, -0.15) is 0 Å². The molecule has 1 heterocycles. The van der Waals surface area contributed by atoms with Crippen LogP contribution in [-0.4, -0.2) is 22.6 Å². The fraction of sp³-hybridized carbons (Fsp3) is 0.250. The molecule has 1 aromatic carbocycles. The van der Waals surface area contributed by atoms with Crippen molar-refractivity contribution < 1.29 is 9.53 Å². The third kappa shape index (κ3) is 3.78. The molecule has 22 heavy (non-hydrogen) atoms. The topological polar surface area (TPSA) is 44.1 Å². The van der Waals surface area contributed by atoms with Crippen molar-refractivity contribution in [1.29, 1.82) is 0 Å². The van der Waals surface area contributed by atoms with Crippen LogP contribution in [0.3, 0.4) is 0 Å². The van der Waals surface area contributed by atoms with Gasteiger partial charge in [-0.15, -0.1) is 0 Å². The highest BCUT2D eigenvalue weighted by Gasteiger charge is 2.12. The first-order valence-electron chi connectivity index (χ1n) is 6.66. The smallest absolute Gasteiger partial charge is 0.330 e. The van der Waals surface area contributed by atoms with Gasteiger partial charge in [0.25, 0.3) is 0 Å². The number of methoxy groups -OCH3 is 1. The zero-order valence-electron chi connectivity index (χ0n) is 12.6. The van der Waals surface area contributed by atoms with E-state index in [-0.39, 0.29) is 0 Å². The van der Waals surface area contributed by atoms with E-state index in [1.807, 2.05) is 36.6 Å². The van der Waals surface area contributed by atoms with E-state index in [0.717, 1.165) is 27.2 Å². The Labute approximate surface area is 142 Å². The highest BCUT2D eigenvalue weighted by molar-refractivity contribution is 9.10. The Hall–Kier alpha value is -1.59. The lowest BCUT2D eigenvalue weighted by molar-refractivity contribution is -0.134. The Balaban J connectivity index is 2.38. The van der Waals surface area contributed by atoms with Gasteiger partial charge in [0.15, 0.2) is 0 Å². The van der Waals surface area contributed by atoms with Crippen LogP contribution in [0.1, 0.15) is 22.8 Å². The predicted octanol–water partition coefficient (Wildman–Crippen LogP) is 4.15. The lowest BCUT2D eigenvalue weighted by atomic mass is 10.2. The Morgan fingerprint density at radius 2 is 2.18 bits per heavy atom. The second-order valence-corrected chi connectivity index (χ2v) is 6.13. The number of hydrogen-bond acceptors (Lipinski definition) is 3. The van der Waals surface area contributed by atoms with Crippen molar-refractivity contribution in [2.45, 2.75) is 20.4 Å². The van der Waals surface area contributed by atoms with Crippen LogP contribution in [0.5, 0.6) is 0 Å². The first-order valence-corrected chi connectivity index (χ1v) is 7.83. The van der Waals surface area contributed by atoms with Crippen molar-refractivity contribution >= 4 is 39.6 Å². The molecule has 6 heteroatoms. The summed E-state index contributed by atoms with van der Waals surface area (Å²) < 4.78 is 7.58. The van der Waals surface area contributed by atoms with Crippen molar-refractivity contribution in [3.05, 3.63) is 56.5 Å². The summed E-state index contributed by atoms with van der Waals surface area (Å²) >= 11 is 9.68. The molecular weight excluding hydrogens is 368 g/mol. The van der Waals surface area contributed by atoms with Gasteiger partial charge in [-0.3, -0.25) is 0 Å². The number of aryl methyl sites for hydroxylation is 2. The van der Waals surface area contributed by atoms with Gasteiger partial charge in [0, 0.05) is 15.6 Å². The Morgan fingerprint density at radius 1 is 1.45 bits per heavy atom. The molecule has 0 fully saturated rings. The van der Waals surface area contributed by atoms with E-state index in [4.69, 9.17) is 11.6 Å². The average Bonchev–Trinajstić information content (AvgIpc) is 2.73. The monoisotopic (exact) mass is 382 g/mol. The summed E-state index contributed by atoms with van der Waals surface area (Å²) in [6.07, 6.45) is 3.11. The fourth-order valence-corrected chi connectivity index (χ4v) is 2.91. The maximum absolute atomic E-state index is 11.3. The summed E-state index contributed by atoms with van der Waals surface area (Å²) in [7, 11) is 1.35. The molecule has 0 bridgehead atoms. The molecule has 0 spiro atoms. The van der Waals surface area contributed by atoms with Gasteiger partial charge in [0.1, 0.15) is 5.82 Å². The van der Waals surface area contributed by atoms with E-state index < -0.39 is 5.97 Å². The normalized spacial score (nSPS) is 11.1. The highest BCUT2D eigenvalue weighted by atomic mass is 79.9. The number of imidazole rings is 1. The summed E-state index contributed by atoms with van der Waals surface area (Å²) in [5.74, 6) is 0.465. The van der Waals surface area contributed by atoms with Crippen molar-refractivity contribution in [2.75, 3.05) is 7.11 Å². The molecule has 0 amide bonds. The van der Waals surface area contributed by atoms with Crippen molar-refractivity contribution in [3.63, 3.8) is 0 Å². The maximum Gasteiger partial charge on any atom is 0.330 e. The largest absolute Gasteiger partial charge is 0.466 e. The molecule has 4 nitrogen and oxygen atoms in total. The van der Waals surface area contributed by atoms with E-state index in [2.05, 4.69) is 25.7 Å². The number of rotatable bonds is 4. The molecule has 116 valence electrons.